The van der Waals surface area contributed by atoms with E-state index in [-0.39, 0.29) is 12.4 Å². The Labute approximate surface area is 169 Å². The average Bonchev–Trinajstić information content (AvgIpc) is 3.17. The molecule has 6 nitrogen and oxygen atoms in total. The Balaban J connectivity index is 0.00000210. The Bertz CT molecular complexity index is 575. The van der Waals surface area contributed by atoms with Gasteiger partial charge >= 0.3 is 0 Å². The number of pyridine rings is 1. The Kier molecular flexibility index (Phi) is 7.73. The fourth-order valence-electron chi connectivity index (χ4n) is 4.70. The van der Waals surface area contributed by atoms with Crippen LogP contribution in [0.15, 0.2) is 18.3 Å². The number of piperazine rings is 1. The lowest BCUT2D eigenvalue weighted by atomic mass is 9.94. The number of nitrogens with zero attached hydrogens (tertiary/aromatic N) is 3. The van der Waals surface area contributed by atoms with Gasteiger partial charge in [0.15, 0.2) is 0 Å². The van der Waals surface area contributed by atoms with Crippen molar-refractivity contribution in [3.8, 4) is 0 Å². The number of likely N-dealkylation sites (N-methyl/N-ethyl adjacent to an activating group) is 1. The number of hydrogen-bond donors (Lipinski definition) is 2. The number of hydrogen-bond acceptors (Lipinski definition) is 6. The van der Waals surface area contributed by atoms with E-state index < -0.39 is 0 Å². The van der Waals surface area contributed by atoms with Gasteiger partial charge in [-0.3, -0.25) is 0 Å². The van der Waals surface area contributed by atoms with Gasteiger partial charge in [0, 0.05) is 63.1 Å². The van der Waals surface area contributed by atoms with Crippen LogP contribution in [-0.4, -0.2) is 75.0 Å². The molecule has 1 aliphatic carbocycles. The van der Waals surface area contributed by atoms with Crippen molar-refractivity contribution in [2.45, 2.75) is 37.9 Å². The Morgan fingerprint density at radius 3 is 2.89 bits per heavy atom. The number of anilines is 1. The highest BCUT2D eigenvalue weighted by molar-refractivity contribution is 5.85. The molecule has 0 spiro atoms. The summed E-state index contributed by atoms with van der Waals surface area (Å²) in [6.45, 7) is 7.97. The fraction of sp³-hybridized carbons (Fsp3) is 0.750. The maximum absolute atomic E-state index is 5.70. The topological polar surface area (TPSA) is 52.7 Å². The van der Waals surface area contributed by atoms with Gasteiger partial charge in [-0.1, -0.05) is 12.5 Å². The standard InChI is InChI=1S/C20H33N5O.ClH/c1-24-9-11-25(12-10-24)20-16(4-3-7-22-20)14-23-18-6-2-5-17(18)19-15-26-13-8-21-19;/h3-4,7,17-19,21,23H,2,5-6,8-15H2,1H3;1H. The lowest BCUT2D eigenvalue weighted by Gasteiger charge is -2.35. The molecule has 2 aliphatic heterocycles. The van der Waals surface area contributed by atoms with Crippen LogP contribution in [0.3, 0.4) is 0 Å². The number of nitrogens with one attached hydrogen (secondary N) is 2. The van der Waals surface area contributed by atoms with Crippen LogP contribution in [0.2, 0.25) is 0 Å². The number of aromatic nitrogens is 1. The smallest absolute Gasteiger partial charge is 0.133 e. The third-order valence-corrected chi connectivity index (χ3v) is 6.26. The van der Waals surface area contributed by atoms with E-state index in [0.29, 0.717) is 18.0 Å². The molecule has 3 unspecified atom stereocenters. The normalized spacial score (nSPS) is 29.5. The molecular weight excluding hydrogens is 362 g/mol. The number of rotatable bonds is 5. The molecule has 1 aromatic rings. The van der Waals surface area contributed by atoms with Crippen LogP contribution in [0.4, 0.5) is 5.82 Å². The van der Waals surface area contributed by atoms with E-state index in [4.69, 9.17) is 9.72 Å². The van der Waals surface area contributed by atoms with Crippen LogP contribution in [0.5, 0.6) is 0 Å². The first-order valence-electron chi connectivity index (χ1n) is 10.2. The molecule has 0 amide bonds. The highest BCUT2D eigenvalue weighted by atomic mass is 35.5. The minimum Gasteiger partial charge on any atom is -0.379 e. The summed E-state index contributed by atoms with van der Waals surface area (Å²) in [5, 5.41) is 7.53. The summed E-state index contributed by atoms with van der Waals surface area (Å²) in [6.07, 6.45) is 5.82. The SMILES string of the molecule is CN1CCN(c2ncccc2CNC2CCCC2C2COCCN2)CC1.Cl. The third-order valence-electron chi connectivity index (χ3n) is 6.26. The number of halogens is 1. The molecule has 3 atom stereocenters. The summed E-state index contributed by atoms with van der Waals surface area (Å²) in [7, 11) is 2.20. The highest BCUT2D eigenvalue weighted by Gasteiger charge is 2.34. The van der Waals surface area contributed by atoms with E-state index in [2.05, 4.69) is 39.6 Å². The minimum atomic E-state index is 0. The Hall–Kier alpha value is -0.920. The van der Waals surface area contributed by atoms with Crippen LogP contribution in [0.1, 0.15) is 24.8 Å². The van der Waals surface area contributed by atoms with Gasteiger partial charge in [0.25, 0.3) is 0 Å². The van der Waals surface area contributed by atoms with Crippen molar-refractivity contribution in [3.05, 3.63) is 23.9 Å². The molecule has 3 aliphatic rings. The second-order valence-electron chi connectivity index (χ2n) is 7.99. The third kappa shape index (κ3) is 5.12. The molecule has 4 rings (SSSR count). The van der Waals surface area contributed by atoms with Gasteiger partial charge in [-0.25, -0.2) is 4.98 Å². The van der Waals surface area contributed by atoms with Gasteiger partial charge in [0.05, 0.1) is 13.2 Å². The molecular formula is C20H34ClN5O. The zero-order chi connectivity index (χ0) is 17.8. The monoisotopic (exact) mass is 395 g/mol. The van der Waals surface area contributed by atoms with Crippen LogP contribution in [0.25, 0.3) is 0 Å². The van der Waals surface area contributed by atoms with Crippen molar-refractivity contribution in [2.24, 2.45) is 5.92 Å². The molecule has 0 radical (unpaired) electrons. The first-order chi connectivity index (χ1) is 12.8. The minimum absolute atomic E-state index is 0. The average molecular weight is 396 g/mol. The largest absolute Gasteiger partial charge is 0.379 e. The van der Waals surface area contributed by atoms with Gasteiger partial charge in [0.2, 0.25) is 0 Å². The Morgan fingerprint density at radius 2 is 2.11 bits per heavy atom. The van der Waals surface area contributed by atoms with Crippen molar-refractivity contribution in [2.75, 3.05) is 57.9 Å². The van der Waals surface area contributed by atoms with Gasteiger partial charge in [0.1, 0.15) is 5.82 Å². The predicted molar refractivity (Wildman–Crippen MR) is 112 cm³/mol. The van der Waals surface area contributed by atoms with Gasteiger partial charge in [-0.2, -0.15) is 0 Å². The van der Waals surface area contributed by atoms with E-state index in [9.17, 15) is 0 Å². The van der Waals surface area contributed by atoms with Crippen LogP contribution in [-0.2, 0) is 11.3 Å². The predicted octanol–water partition coefficient (Wildman–Crippen LogP) is 1.50. The molecule has 3 heterocycles. The quantitative estimate of drug-likeness (QED) is 0.788. The van der Waals surface area contributed by atoms with E-state index >= 15 is 0 Å². The first-order valence-corrected chi connectivity index (χ1v) is 10.2. The van der Waals surface area contributed by atoms with Crippen LogP contribution < -0.4 is 15.5 Å². The molecule has 0 aromatic carbocycles. The summed E-state index contributed by atoms with van der Waals surface area (Å²) >= 11 is 0. The maximum atomic E-state index is 5.70. The molecule has 0 bridgehead atoms. The lowest BCUT2D eigenvalue weighted by molar-refractivity contribution is 0.0524. The molecule has 3 fully saturated rings. The van der Waals surface area contributed by atoms with E-state index in [1.807, 2.05) is 6.20 Å². The van der Waals surface area contributed by atoms with Gasteiger partial charge < -0.3 is 25.2 Å². The number of morpholine rings is 1. The van der Waals surface area contributed by atoms with E-state index in [1.165, 1.54) is 30.6 Å². The molecule has 1 saturated carbocycles. The zero-order valence-electron chi connectivity index (χ0n) is 16.4. The lowest BCUT2D eigenvalue weighted by Crippen LogP contribution is -2.50. The van der Waals surface area contributed by atoms with Crippen molar-refractivity contribution >= 4 is 18.2 Å². The first kappa shape index (κ1) is 20.8. The van der Waals surface area contributed by atoms with Crippen molar-refractivity contribution in [1.29, 1.82) is 0 Å². The Morgan fingerprint density at radius 1 is 1.26 bits per heavy atom. The van der Waals surface area contributed by atoms with Crippen molar-refractivity contribution in [1.82, 2.24) is 20.5 Å². The van der Waals surface area contributed by atoms with Crippen LogP contribution >= 0.6 is 12.4 Å². The summed E-state index contributed by atoms with van der Waals surface area (Å²) < 4.78 is 5.70. The zero-order valence-corrected chi connectivity index (χ0v) is 17.2. The van der Waals surface area contributed by atoms with E-state index in [0.717, 1.165) is 52.5 Å². The molecule has 2 N–H and O–H groups in total. The van der Waals surface area contributed by atoms with Crippen LogP contribution in [0, 0.1) is 5.92 Å². The van der Waals surface area contributed by atoms with Gasteiger partial charge in [-0.15, -0.1) is 12.4 Å². The fourth-order valence-corrected chi connectivity index (χ4v) is 4.70. The van der Waals surface area contributed by atoms with Crippen molar-refractivity contribution in [3.63, 3.8) is 0 Å². The summed E-state index contributed by atoms with van der Waals surface area (Å²) in [5.74, 6) is 1.85. The molecule has 1 aromatic heterocycles. The van der Waals surface area contributed by atoms with Gasteiger partial charge in [-0.05, 0) is 31.9 Å². The van der Waals surface area contributed by atoms with E-state index in [1.54, 1.807) is 0 Å². The summed E-state index contributed by atoms with van der Waals surface area (Å²) in [4.78, 5) is 9.55. The maximum Gasteiger partial charge on any atom is 0.133 e. The highest BCUT2D eigenvalue weighted by Crippen LogP contribution is 2.30. The molecule has 7 heteroatoms. The summed E-state index contributed by atoms with van der Waals surface area (Å²) in [5.41, 5.74) is 1.33. The molecule has 2 saturated heterocycles. The second-order valence-corrected chi connectivity index (χ2v) is 7.99. The summed E-state index contributed by atoms with van der Waals surface area (Å²) in [6, 6.07) is 5.39. The second kappa shape index (κ2) is 10.0. The number of ether oxygens (including phenoxy) is 1. The molecule has 152 valence electrons. The molecule has 27 heavy (non-hydrogen) atoms. The van der Waals surface area contributed by atoms with Crippen molar-refractivity contribution < 1.29 is 4.74 Å².